The van der Waals surface area contributed by atoms with Crippen molar-refractivity contribution in [1.29, 1.82) is 0 Å². The van der Waals surface area contributed by atoms with E-state index in [1.165, 1.54) is 18.3 Å². The maximum Gasteiger partial charge on any atom is 0.270 e. The smallest absolute Gasteiger partial charge is 0.262 e. The number of nitrogens with zero attached hydrogens (tertiary/aromatic N) is 2. The Labute approximate surface area is 129 Å². The zero-order chi connectivity index (χ0) is 15.6. The molecule has 0 atom stereocenters. The summed E-state index contributed by atoms with van der Waals surface area (Å²) in [5, 5.41) is 10.8. The molecular weight excluding hydrogens is 362 g/mol. The molecule has 0 amide bonds. The van der Waals surface area contributed by atoms with Gasteiger partial charge in [-0.15, -0.1) is 0 Å². The summed E-state index contributed by atoms with van der Waals surface area (Å²) in [6.07, 6.45) is 1.43. The van der Waals surface area contributed by atoms with Crippen molar-refractivity contribution in [3.05, 3.63) is 56.7 Å². The zero-order valence-corrected chi connectivity index (χ0v) is 13.2. The molecule has 0 saturated carbocycles. The number of aromatic nitrogens is 1. The average Bonchev–Trinajstić information content (AvgIpc) is 2.41. The van der Waals surface area contributed by atoms with Crippen LogP contribution in [0.1, 0.15) is 5.56 Å². The van der Waals surface area contributed by atoms with E-state index >= 15 is 0 Å². The molecule has 0 aliphatic rings. The third kappa shape index (κ3) is 3.37. The van der Waals surface area contributed by atoms with Crippen molar-refractivity contribution >= 4 is 37.5 Å². The number of benzene rings is 1. The Morgan fingerprint density at radius 2 is 2.05 bits per heavy atom. The number of non-ortho nitro benzene ring substituents is 1. The van der Waals surface area contributed by atoms with Crippen LogP contribution in [0.25, 0.3) is 0 Å². The Morgan fingerprint density at radius 1 is 1.33 bits per heavy atom. The molecule has 0 spiro atoms. The summed E-state index contributed by atoms with van der Waals surface area (Å²) in [7, 11) is -3.97. The summed E-state index contributed by atoms with van der Waals surface area (Å²) in [4.78, 5) is 13.9. The van der Waals surface area contributed by atoms with Crippen LogP contribution < -0.4 is 4.72 Å². The van der Waals surface area contributed by atoms with E-state index in [1.54, 1.807) is 19.1 Å². The number of pyridine rings is 1. The lowest BCUT2D eigenvalue weighted by Crippen LogP contribution is -2.15. The van der Waals surface area contributed by atoms with Gasteiger partial charge in [-0.05, 0) is 40.5 Å². The second-order valence-corrected chi connectivity index (χ2v) is 6.65. The molecule has 1 aromatic carbocycles. The fraction of sp³-hybridized carbons (Fsp3) is 0.0833. The van der Waals surface area contributed by atoms with E-state index in [0.29, 0.717) is 10.0 Å². The summed E-state index contributed by atoms with van der Waals surface area (Å²) in [6.45, 7) is 1.56. The monoisotopic (exact) mass is 371 g/mol. The molecule has 21 heavy (non-hydrogen) atoms. The average molecular weight is 372 g/mol. The van der Waals surface area contributed by atoms with Crippen molar-refractivity contribution in [1.82, 2.24) is 4.98 Å². The molecule has 9 heteroatoms. The van der Waals surface area contributed by atoms with Gasteiger partial charge in [-0.2, -0.15) is 0 Å². The Bertz CT molecular complexity index is 808. The minimum absolute atomic E-state index is 0.114. The van der Waals surface area contributed by atoms with Gasteiger partial charge < -0.3 is 0 Å². The third-order valence-electron chi connectivity index (χ3n) is 2.66. The van der Waals surface area contributed by atoms with Gasteiger partial charge in [0.25, 0.3) is 15.7 Å². The molecule has 0 aliphatic heterocycles. The first kappa shape index (κ1) is 15.4. The molecule has 1 aromatic heterocycles. The molecule has 0 radical (unpaired) electrons. The number of hydrogen-bond donors (Lipinski definition) is 1. The molecule has 0 saturated heterocycles. The molecule has 0 fully saturated rings. The summed E-state index contributed by atoms with van der Waals surface area (Å²) >= 11 is 3.18. The van der Waals surface area contributed by atoms with E-state index in [0.717, 1.165) is 6.07 Å². The Morgan fingerprint density at radius 3 is 2.67 bits per heavy atom. The number of hydrogen-bond acceptors (Lipinski definition) is 5. The van der Waals surface area contributed by atoms with Gasteiger partial charge in [0.2, 0.25) is 0 Å². The summed E-state index contributed by atoms with van der Waals surface area (Å²) in [5.41, 5.74) is 0.112. The minimum Gasteiger partial charge on any atom is -0.262 e. The quantitative estimate of drug-likeness (QED) is 0.657. The predicted molar refractivity (Wildman–Crippen MR) is 80.6 cm³/mol. The Balaban J connectivity index is 2.47. The number of sulfonamides is 1. The molecule has 0 unspecified atom stereocenters. The summed E-state index contributed by atoms with van der Waals surface area (Å²) in [6, 6.07) is 6.94. The third-order valence-corrected chi connectivity index (χ3v) is 4.78. The van der Waals surface area contributed by atoms with Gasteiger partial charge in [-0.1, -0.05) is 6.07 Å². The van der Waals surface area contributed by atoms with Crippen molar-refractivity contribution in [2.45, 2.75) is 11.8 Å². The van der Waals surface area contributed by atoms with Crippen LogP contribution in [0.15, 0.2) is 45.9 Å². The second-order valence-electron chi connectivity index (χ2n) is 4.15. The lowest BCUT2D eigenvalue weighted by molar-refractivity contribution is -0.385. The largest absolute Gasteiger partial charge is 0.270 e. The van der Waals surface area contributed by atoms with E-state index in [4.69, 9.17) is 0 Å². The van der Waals surface area contributed by atoms with Crippen LogP contribution in [0.5, 0.6) is 0 Å². The van der Waals surface area contributed by atoms with E-state index in [-0.39, 0.29) is 16.4 Å². The number of rotatable bonds is 4. The Kier molecular flexibility index (Phi) is 4.24. The number of anilines is 1. The first-order valence-electron chi connectivity index (χ1n) is 5.69. The SMILES string of the molecule is Cc1ccc([N+](=O)[O-])cc1S(=O)(=O)Nc1ncccc1Br. The maximum absolute atomic E-state index is 12.4. The summed E-state index contributed by atoms with van der Waals surface area (Å²) in [5.74, 6) is 0.114. The van der Waals surface area contributed by atoms with E-state index in [1.807, 2.05) is 0 Å². The number of halogens is 1. The lowest BCUT2D eigenvalue weighted by Gasteiger charge is -2.10. The zero-order valence-electron chi connectivity index (χ0n) is 10.8. The fourth-order valence-electron chi connectivity index (χ4n) is 1.63. The van der Waals surface area contributed by atoms with Crippen LogP contribution in [0.2, 0.25) is 0 Å². The van der Waals surface area contributed by atoms with E-state index in [2.05, 4.69) is 25.6 Å². The Hall–Kier alpha value is -2.00. The molecule has 0 aliphatic carbocycles. The van der Waals surface area contributed by atoms with Crippen molar-refractivity contribution in [3.63, 3.8) is 0 Å². The molecule has 7 nitrogen and oxygen atoms in total. The number of aryl methyl sites for hydroxylation is 1. The molecule has 110 valence electrons. The van der Waals surface area contributed by atoms with Crippen LogP contribution >= 0.6 is 15.9 Å². The molecule has 2 aromatic rings. The second kappa shape index (κ2) is 5.78. The minimum atomic E-state index is -3.97. The van der Waals surface area contributed by atoms with E-state index in [9.17, 15) is 18.5 Å². The van der Waals surface area contributed by atoms with Gasteiger partial charge in [-0.3, -0.25) is 14.8 Å². The van der Waals surface area contributed by atoms with Crippen LogP contribution in [-0.2, 0) is 10.0 Å². The van der Waals surface area contributed by atoms with Crippen molar-refractivity contribution in [2.24, 2.45) is 0 Å². The molecule has 0 bridgehead atoms. The first-order chi connectivity index (χ1) is 9.81. The van der Waals surface area contributed by atoms with Crippen LogP contribution in [0.3, 0.4) is 0 Å². The highest BCUT2D eigenvalue weighted by molar-refractivity contribution is 9.10. The lowest BCUT2D eigenvalue weighted by atomic mass is 10.2. The van der Waals surface area contributed by atoms with Gasteiger partial charge in [0.05, 0.1) is 14.3 Å². The number of nitro benzene ring substituents is 1. The highest BCUT2D eigenvalue weighted by Crippen LogP contribution is 2.26. The van der Waals surface area contributed by atoms with Crippen molar-refractivity contribution in [2.75, 3.05) is 4.72 Å². The fourth-order valence-corrected chi connectivity index (χ4v) is 3.42. The normalized spacial score (nSPS) is 11.1. The summed E-state index contributed by atoms with van der Waals surface area (Å²) < 4.78 is 27.5. The number of nitro groups is 1. The molecule has 2 rings (SSSR count). The first-order valence-corrected chi connectivity index (χ1v) is 7.97. The van der Waals surface area contributed by atoms with Gasteiger partial charge >= 0.3 is 0 Å². The van der Waals surface area contributed by atoms with Crippen molar-refractivity contribution in [3.8, 4) is 0 Å². The van der Waals surface area contributed by atoms with Gasteiger partial charge in [0, 0.05) is 18.3 Å². The predicted octanol–water partition coefficient (Wildman–Crippen LogP) is 2.86. The molecular formula is C12H10BrN3O4S. The van der Waals surface area contributed by atoms with E-state index < -0.39 is 14.9 Å². The van der Waals surface area contributed by atoms with Crippen molar-refractivity contribution < 1.29 is 13.3 Å². The standard InChI is InChI=1S/C12H10BrN3O4S/c1-8-4-5-9(16(17)18)7-11(8)21(19,20)15-12-10(13)3-2-6-14-12/h2-7H,1H3,(H,14,15). The molecule has 1 N–H and O–H groups in total. The van der Waals surface area contributed by atoms with Gasteiger partial charge in [0.1, 0.15) is 0 Å². The number of nitrogens with one attached hydrogen (secondary N) is 1. The van der Waals surface area contributed by atoms with Gasteiger partial charge in [-0.25, -0.2) is 13.4 Å². The maximum atomic E-state index is 12.4. The van der Waals surface area contributed by atoms with Crippen LogP contribution in [0.4, 0.5) is 11.5 Å². The van der Waals surface area contributed by atoms with Crippen LogP contribution in [0, 0.1) is 17.0 Å². The molecule has 1 heterocycles. The van der Waals surface area contributed by atoms with Crippen LogP contribution in [-0.4, -0.2) is 18.3 Å². The topological polar surface area (TPSA) is 102 Å². The highest BCUT2D eigenvalue weighted by atomic mass is 79.9. The highest BCUT2D eigenvalue weighted by Gasteiger charge is 2.21. The van der Waals surface area contributed by atoms with Gasteiger partial charge in [0.15, 0.2) is 5.82 Å².